The third-order valence-corrected chi connectivity index (χ3v) is 5.48. The van der Waals surface area contributed by atoms with Crippen LogP contribution in [0.15, 0.2) is 48.5 Å². The molecule has 0 amide bonds. The van der Waals surface area contributed by atoms with Crippen LogP contribution in [0.25, 0.3) is 0 Å². The van der Waals surface area contributed by atoms with Gasteiger partial charge in [0.15, 0.2) is 0 Å². The van der Waals surface area contributed by atoms with Gasteiger partial charge in [-0.15, -0.1) is 0 Å². The second kappa shape index (κ2) is 9.91. The van der Waals surface area contributed by atoms with Crippen LogP contribution in [0.3, 0.4) is 0 Å². The molecule has 8 heteroatoms. The van der Waals surface area contributed by atoms with E-state index in [1.54, 1.807) is 6.92 Å². The van der Waals surface area contributed by atoms with Crippen molar-refractivity contribution in [2.24, 2.45) is 0 Å². The first-order valence-electron chi connectivity index (χ1n) is 9.64. The number of aliphatic hydroxyl groups excluding tert-OH is 4. The van der Waals surface area contributed by atoms with Gasteiger partial charge in [-0.3, -0.25) is 0 Å². The van der Waals surface area contributed by atoms with E-state index in [0.717, 1.165) is 12.1 Å². The standard InChI is InChI=1S/C22H28F2O6/c1-2-21(29,11-14-3-7-16(23)8-4-14)20(28)22(30,19(27)18(26)13-25)12-15-5-9-17(24)10-6-15/h3-10,18-20,25-30H,2,11-13H2,1H3/t18-,19+,20+,21?,22+/m0/s1. The number of hydrogen-bond donors (Lipinski definition) is 6. The van der Waals surface area contributed by atoms with Crippen LogP contribution in [-0.4, -0.2) is 66.8 Å². The van der Waals surface area contributed by atoms with E-state index in [0.29, 0.717) is 11.1 Å². The van der Waals surface area contributed by atoms with Crippen molar-refractivity contribution >= 4 is 0 Å². The zero-order valence-electron chi connectivity index (χ0n) is 16.6. The molecule has 0 aliphatic heterocycles. The molecule has 0 aromatic heterocycles. The highest BCUT2D eigenvalue weighted by Crippen LogP contribution is 2.34. The maximum atomic E-state index is 13.2. The van der Waals surface area contributed by atoms with Crippen LogP contribution >= 0.6 is 0 Å². The van der Waals surface area contributed by atoms with Crippen LogP contribution in [0.2, 0.25) is 0 Å². The van der Waals surface area contributed by atoms with Gasteiger partial charge in [-0.2, -0.15) is 0 Å². The van der Waals surface area contributed by atoms with Crippen molar-refractivity contribution in [3.05, 3.63) is 71.3 Å². The molecule has 0 saturated carbocycles. The largest absolute Gasteiger partial charge is 0.394 e. The average molecular weight is 426 g/mol. The highest BCUT2D eigenvalue weighted by atomic mass is 19.1. The molecule has 0 bridgehead atoms. The van der Waals surface area contributed by atoms with Crippen LogP contribution in [0.5, 0.6) is 0 Å². The van der Waals surface area contributed by atoms with E-state index in [9.17, 15) is 39.4 Å². The molecule has 2 rings (SSSR count). The number of rotatable bonds is 10. The van der Waals surface area contributed by atoms with Gasteiger partial charge in [-0.1, -0.05) is 31.2 Å². The van der Waals surface area contributed by atoms with E-state index in [4.69, 9.17) is 0 Å². The van der Waals surface area contributed by atoms with Crippen molar-refractivity contribution in [2.45, 2.75) is 55.7 Å². The molecule has 1 unspecified atom stereocenters. The van der Waals surface area contributed by atoms with E-state index in [1.165, 1.54) is 36.4 Å². The molecule has 5 atom stereocenters. The average Bonchev–Trinajstić information content (AvgIpc) is 2.75. The summed E-state index contributed by atoms with van der Waals surface area (Å²) in [5.41, 5.74) is -3.67. The maximum absolute atomic E-state index is 13.2. The molecule has 0 radical (unpaired) electrons. The molecular formula is C22H28F2O6. The summed E-state index contributed by atoms with van der Waals surface area (Å²) in [4.78, 5) is 0. The quantitative estimate of drug-likeness (QED) is 0.333. The first kappa shape index (κ1) is 24.3. The summed E-state index contributed by atoms with van der Waals surface area (Å²) >= 11 is 0. The SMILES string of the molecule is CCC(O)(Cc1ccc(F)cc1)[C@@H](O)[C@@](O)(Cc1ccc(F)cc1)[C@H](O)[C@@H](O)CO. The van der Waals surface area contributed by atoms with Crippen LogP contribution < -0.4 is 0 Å². The normalized spacial score (nSPS) is 18.8. The van der Waals surface area contributed by atoms with E-state index in [1.807, 2.05) is 0 Å². The zero-order valence-corrected chi connectivity index (χ0v) is 16.6. The molecule has 2 aromatic carbocycles. The van der Waals surface area contributed by atoms with Gasteiger partial charge in [0.1, 0.15) is 35.5 Å². The lowest BCUT2D eigenvalue weighted by Gasteiger charge is -2.45. The van der Waals surface area contributed by atoms with Gasteiger partial charge in [0, 0.05) is 12.8 Å². The van der Waals surface area contributed by atoms with E-state index < -0.39 is 54.2 Å². The second-order valence-electron chi connectivity index (χ2n) is 7.65. The molecular weight excluding hydrogens is 398 g/mol. The molecule has 0 aliphatic rings. The lowest BCUT2D eigenvalue weighted by atomic mass is 9.72. The number of halogens is 2. The summed E-state index contributed by atoms with van der Waals surface area (Å²) in [6, 6.07) is 10.1. The van der Waals surface area contributed by atoms with Crippen molar-refractivity contribution in [1.29, 1.82) is 0 Å². The van der Waals surface area contributed by atoms with Crippen molar-refractivity contribution in [2.75, 3.05) is 6.61 Å². The van der Waals surface area contributed by atoms with E-state index in [2.05, 4.69) is 0 Å². The number of aliphatic hydroxyl groups is 6. The Morgan fingerprint density at radius 1 is 0.800 bits per heavy atom. The van der Waals surface area contributed by atoms with Gasteiger partial charge in [0.05, 0.1) is 12.2 Å². The number of benzene rings is 2. The lowest BCUT2D eigenvalue weighted by Crippen LogP contribution is -2.66. The summed E-state index contributed by atoms with van der Waals surface area (Å²) in [6.45, 7) is 0.655. The highest BCUT2D eigenvalue weighted by Gasteiger charge is 2.53. The molecule has 0 saturated heterocycles. The van der Waals surface area contributed by atoms with E-state index in [-0.39, 0.29) is 12.8 Å². The van der Waals surface area contributed by atoms with Crippen molar-refractivity contribution in [3.8, 4) is 0 Å². The fraction of sp³-hybridized carbons (Fsp3) is 0.455. The predicted molar refractivity (Wildman–Crippen MR) is 106 cm³/mol. The smallest absolute Gasteiger partial charge is 0.126 e. The molecule has 0 fully saturated rings. The Balaban J connectivity index is 2.42. The molecule has 0 heterocycles. The first-order valence-corrected chi connectivity index (χ1v) is 9.64. The predicted octanol–water partition coefficient (Wildman–Crippen LogP) is 0.697. The Morgan fingerprint density at radius 2 is 1.23 bits per heavy atom. The molecule has 166 valence electrons. The van der Waals surface area contributed by atoms with Gasteiger partial charge in [0.2, 0.25) is 0 Å². The minimum absolute atomic E-state index is 0.0563. The second-order valence-corrected chi connectivity index (χ2v) is 7.65. The lowest BCUT2D eigenvalue weighted by molar-refractivity contribution is -0.229. The molecule has 30 heavy (non-hydrogen) atoms. The van der Waals surface area contributed by atoms with Crippen molar-refractivity contribution < 1.29 is 39.4 Å². The molecule has 2 aromatic rings. The molecule has 6 nitrogen and oxygen atoms in total. The Morgan fingerprint density at radius 3 is 1.63 bits per heavy atom. The maximum Gasteiger partial charge on any atom is 0.126 e. The van der Waals surface area contributed by atoms with Gasteiger partial charge >= 0.3 is 0 Å². The highest BCUT2D eigenvalue weighted by molar-refractivity contribution is 5.23. The Labute approximate surface area is 173 Å². The van der Waals surface area contributed by atoms with Crippen molar-refractivity contribution in [3.63, 3.8) is 0 Å². The van der Waals surface area contributed by atoms with Gasteiger partial charge in [-0.05, 0) is 41.8 Å². The fourth-order valence-corrected chi connectivity index (χ4v) is 3.56. The molecule has 0 aliphatic carbocycles. The first-order chi connectivity index (χ1) is 14.1. The minimum Gasteiger partial charge on any atom is -0.394 e. The van der Waals surface area contributed by atoms with Crippen LogP contribution in [-0.2, 0) is 12.8 Å². The monoisotopic (exact) mass is 426 g/mol. The van der Waals surface area contributed by atoms with Crippen LogP contribution in [0.1, 0.15) is 24.5 Å². The summed E-state index contributed by atoms with van der Waals surface area (Å²) in [5, 5.41) is 63.2. The fourth-order valence-electron chi connectivity index (χ4n) is 3.56. The summed E-state index contributed by atoms with van der Waals surface area (Å²) < 4.78 is 26.4. The van der Waals surface area contributed by atoms with Gasteiger partial charge in [-0.25, -0.2) is 8.78 Å². The summed E-state index contributed by atoms with van der Waals surface area (Å²) in [7, 11) is 0. The third-order valence-electron chi connectivity index (χ3n) is 5.48. The topological polar surface area (TPSA) is 121 Å². The van der Waals surface area contributed by atoms with Crippen molar-refractivity contribution in [1.82, 2.24) is 0 Å². The summed E-state index contributed by atoms with van der Waals surface area (Å²) in [5.74, 6) is -1.01. The molecule has 6 N–H and O–H groups in total. The van der Waals surface area contributed by atoms with Gasteiger partial charge < -0.3 is 30.6 Å². The number of hydrogen-bond acceptors (Lipinski definition) is 6. The third kappa shape index (κ3) is 5.40. The van der Waals surface area contributed by atoms with Gasteiger partial charge in [0.25, 0.3) is 0 Å². The zero-order chi connectivity index (χ0) is 22.5. The minimum atomic E-state index is -2.50. The Kier molecular flexibility index (Phi) is 8.04. The molecule has 0 spiro atoms. The Bertz CT molecular complexity index is 800. The summed E-state index contributed by atoms with van der Waals surface area (Å²) in [6.07, 6.45) is -6.51. The Hall–Kier alpha value is -1.94. The van der Waals surface area contributed by atoms with E-state index >= 15 is 0 Å². The van der Waals surface area contributed by atoms with Crippen LogP contribution in [0, 0.1) is 11.6 Å². The van der Waals surface area contributed by atoms with Crippen LogP contribution in [0.4, 0.5) is 8.78 Å².